The summed E-state index contributed by atoms with van der Waals surface area (Å²) in [6.07, 6.45) is 2.06. The molecule has 1 heterocycles. The lowest BCUT2D eigenvalue weighted by Gasteiger charge is -2.32. The van der Waals surface area contributed by atoms with Crippen LogP contribution in [0.15, 0.2) is 45.1 Å². The normalized spacial score (nSPS) is 29.5. The highest BCUT2D eigenvalue weighted by molar-refractivity contribution is 7.87. The molecule has 0 N–H and O–H groups in total. The Kier molecular flexibility index (Phi) is 2.67. The summed E-state index contributed by atoms with van der Waals surface area (Å²) in [6, 6.07) is 10.2. The summed E-state index contributed by atoms with van der Waals surface area (Å²) in [5.74, 6) is 0. The van der Waals surface area contributed by atoms with E-state index in [0.29, 0.717) is 0 Å². The second kappa shape index (κ2) is 3.83. The summed E-state index contributed by atoms with van der Waals surface area (Å²) in [6.45, 7) is 0. The highest BCUT2D eigenvalue weighted by Crippen LogP contribution is 2.36. The lowest BCUT2D eigenvalue weighted by Crippen LogP contribution is -2.41. The van der Waals surface area contributed by atoms with Crippen LogP contribution in [0.3, 0.4) is 0 Å². The van der Waals surface area contributed by atoms with Gasteiger partial charge in [-0.15, -0.1) is 9.59 Å². The molecule has 0 saturated heterocycles. The average molecular weight is 222 g/mol. The van der Waals surface area contributed by atoms with E-state index in [-0.39, 0.29) is 10.7 Å². The Balaban J connectivity index is 2.55. The Labute approximate surface area is 92.1 Å². The molecule has 0 fully saturated rings. The van der Waals surface area contributed by atoms with E-state index in [4.69, 9.17) is 0 Å². The van der Waals surface area contributed by atoms with Crippen LogP contribution in [0.1, 0.15) is 5.56 Å². The third-order valence-corrected chi connectivity index (χ3v) is 4.33. The fraction of sp³-hybridized carbons (Fsp3) is 0.400. The smallest absolute Gasteiger partial charge is 0.220 e. The topological polar surface area (TPSA) is 40.3 Å². The Morgan fingerprint density at radius 2 is 1.87 bits per heavy atom. The Morgan fingerprint density at radius 1 is 1.20 bits per heavy atom. The minimum atomic E-state index is -0.402. The number of nitrogens with zero attached hydrogens (tertiary/aromatic N) is 4. The van der Waals surface area contributed by atoms with Crippen molar-refractivity contribution in [3.63, 3.8) is 0 Å². The minimum absolute atomic E-state index is 0.233. The number of rotatable bonds is 2. The first-order chi connectivity index (χ1) is 7.18. The fourth-order valence-corrected chi connectivity index (χ4v) is 3.17. The molecule has 15 heavy (non-hydrogen) atoms. The Hall–Kier alpha value is -1.07. The molecule has 80 valence electrons. The van der Waals surface area contributed by atoms with Gasteiger partial charge in [-0.05, 0) is 36.3 Å². The van der Waals surface area contributed by atoms with Crippen molar-refractivity contribution in [2.45, 2.75) is 4.99 Å². The van der Waals surface area contributed by atoms with Gasteiger partial charge in [-0.3, -0.25) is 4.90 Å². The van der Waals surface area contributed by atoms with E-state index in [9.17, 15) is 0 Å². The van der Waals surface area contributed by atoms with E-state index in [2.05, 4.69) is 38.1 Å². The molecule has 2 rings (SSSR count). The highest BCUT2D eigenvalue weighted by Gasteiger charge is 2.40. The van der Waals surface area contributed by atoms with Gasteiger partial charge in [0.15, 0.2) is 0 Å². The van der Waals surface area contributed by atoms with Gasteiger partial charge in [0.05, 0.1) is 0 Å². The standard InChI is InChI=1S/C10H14N4S/c1-14(2)10(11-12-13-15(10)3)9-7-5-4-6-8-9/h4-8H,1-3H3. The van der Waals surface area contributed by atoms with Crippen LogP contribution in [0.5, 0.6) is 0 Å². The average Bonchev–Trinajstić information content (AvgIpc) is 2.62. The molecule has 1 aromatic rings. The van der Waals surface area contributed by atoms with Gasteiger partial charge in [-0.1, -0.05) is 30.3 Å². The van der Waals surface area contributed by atoms with Crippen LogP contribution in [0.2, 0.25) is 0 Å². The minimum Gasteiger partial charge on any atom is -0.271 e. The van der Waals surface area contributed by atoms with Crippen molar-refractivity contribution in [1.29, 1.82) is 0 Å². The van der Waals surface area contributed by atoms with Gasteiger partial charge in [-0.2, -0.15) is 0 Å². The second-order valence-electron chi connectivity index (χ2n) is 3.62. The van der Waals surface area contributed by atoms with Crippen LogP contribution in [-0.2, 0) is 15.7 Å². The maximum Gasteiger partial charge on any atom is 0.220 e. The van der Waals surface area contributed by atoms with Gasteiger partial charge < -0.3 is 0 Å². The van der Waals surface area contributed by atoms with Crippen molar-refractivity contribution < 1.29 is 0 Å². The van der Waals surface area contributed by atoms with Crippen LogP contribution in [0, 0.1) is 0 Å². The van der Waals surface area contributed by atoms with Crippen LogP contribution in [-0.4, -0.2) is 25.3 Å². The molecule has 0 aromatic heterocycles. The summed E-state index contributed by atoms with van der Waals surface area (Å²) >= 11 is 0. The Morgan fingerprint density at radius 3 is 2.33 bits per heavy atom. The molecule has 0 saturated carbocycles. The number of hydrogen-bond donors (Lipinski definition) is 0. The number of benzene rings is 1. The molecular weight excluding hydrogens is 208 g/mol. The molecular formula is C10H14N4S. The van der Waals surface area contributed by atoms with Crippen molar-refractivity contribution in [3.8, 4) is 0 Å². The highest BCUT2D eigenvalue weighted by atomic mass is 32.2. The SMILES string of the molecule is CN(C)C1(c2ccccc2)N=NN=S1C. The lowest BCUT2D eigenvalue weighted by molar-refractivity contribution is 0.261. The van der Waals surface area contributed by atoms with Gasteiger partial charge >= 0.3 is 0 Å². The van der Waals surface area contributed by atoms with Gasteiger partial charge in [-0.25, -0.2) is 0 Å². The van der Waals surface area contributed by atoms with Crippen LogP contribution in [0.4, 0.5) is 0 Å². The van der Waals surface area contributed by atoms with E-state index in [1.54, 1.807) is 0 Å². The first kappa shape index (κ1) is 10.4. The molecule has 1 aromatic carbocycles. The second-order valence-corrected chi connectivity index (χ2v) is 5.31. The van der Waals surface area contributed by atoms with E-state index in [1.807, 2.05) is 32.3 Å². The molecule has 0 bridgehead atoms. The predicted molar refractivity (Wildman–Crippen MR) is 62.4 cm³/mol. The van der Waals surface area contributed by atoms with Gasteiger partial charge in [0, 0.05) is 5.56 Å². The zero-order valence-electron chi connectivity index (χ0n) is 9.08. The third kappa shape index (κ3) is 1.52. The van der Waals surface area contributed by atoms with Crippen LogP contribution >= 0.6 is 0 Å². The first-order valence-corrected chi connectivity index (χ1v) is 6.29. The first-order valence-electron chi connectivity index (χ1n) is 4.70. The van der Waals surface area contributed by atoms with Gasteiger partial charge in [0.2, 0.25) is 4.99 Å². The zero-order valence-corrected chi connectivity index (χ0v) is 9.90. The fourth-order valence-electron chi connectivity index (χ4n) is 1.75. The summed E-state index contributed by atoms with van der Waals surface area (Å²) in [4.78, 5) is 1.67. The molecule has 1 aliphatic heterocycles. The van der Waals surface area contributed by atoms with Gasteiger partial charge in [0.1, 0.15) is 0 Å². The largest absolute Gasteiger partial charge is 0.271 e. The van der Waals surface area contributed by atoms with E-state index >= 15 is 0 Å². The molecule has 0 amide bonds. The van der Waals surface area contributed by atoms with Crippen LogP contribution < -0.4 is 0 Å². The summed E-state index contributed by atoms with van der Waals surface area (Å²) in [7, 11) is 3.79. The third-order valence-electron chi connectivity index (χ3n) is 2.51. The Bertz CT molecular complexity index is 413. The molecule has 0 spiro atoms. The molecule has 0 aliphatic carbocycles. The van der Waals surface area contributed by atoms with E-state index in [0.717, 1.165) is 5.56 Å². The zero-order chi connectivity index (χ0) is 10.9. The van der Waals surface area contributed by atoms with E-state index in [1.165, 1.54) is 0 Å². The predicted octanol–water partition coefficient (Wildman–Crippen LogP) is 2.17. The summed E-state index contributed by atoms with van der Waals surface area (Å²) in [5, 5.41) is 8.15. The van der Waals surface area contributed by atoms with Crippen molar-refractivity contribution in [2.75, 3.05) is 20.4 Å². The van der Waals surface area contributed by atoms with Gasteiger partial charge in [0.25, 0.3) is 0 Å². The molecule has 5 heteroatoms. The lowest BCUT2D eigenvalue weighted by atomic mass is 10.1. The monoisotopic (exact) mass is 222 g/mol. The van der Waals surface area contributed by atoms with Crippen molar-refractivity contribution in [2.24, 2.45) is 14.8 Å². The summed E-state index contributed by atoms with van der Waals surface area (Å²) in [5.41, 5.74) is 1.14. The quantitative estimate of drug-likeness (QED) is 0.756. The molecule has 2 unspecified atom stereocenters. The van der Waals surface area contributed by atoms with Crippen molar-refractivity contribution >= 4 is 10.7 Å². The van der Waals surface area contributed by atoms with E-state index < -0.39 is 4.99 Å². The van der Waals surface area contributed by atoms with Crippen LogP contribution in [0.25, 0.3) is 0 Å². The molecule has 0 radical (unpaired) electrons. The molecule has 2 atom stereocenters. The van der Waals surface area contributed by atoms with Crippen molar-refractivity contribution in [3.05, 3.63) is 35.9 Å². The maximum atomic E-state index is 4.31. The maximum absolute atomic E-state index is 4.31. The van der Waals surface area contributed by atoms with Crippen molar-refractivity contribution in [1.82, 2.24) is 4.90 Å². The molecule has 1 aliphatic rings. The number of hydrogen-bond acceptors (Lipinski definition) is 4. The molecule has 4 nitrogen and oxygen atoms in total. The summed E-state index contributed by atoms with van der Waals surface area (Å²) < 4.78 is 4.13.